The lowest BCUT2D eigenvalue weighted by atomic mass is 10.0. The molecule has 0 aliphatic carbocycles. The van der Waals surface area contributed by atoms with Gasteiger partial charge in [-0.25, -0.2) is 18.1 Å². The maximum atomic E-state index is 12.6. The fourth-order valence-electron chi connectivity index (χ4n) is 2.96. The quantitative estimate of drug-likeness (QED) is 0.819. The molecule has 0 saturated carbocycles. The summed E-state index contributed by atoms with van der Waals surface area (Å²) in [6, 6.07) is 7.06. The zero-order chi connectivity index (χ0) is 18.7. The molecular weight excluding hydrogens is 354 g/mol. The van der Waals surface area contributed by atoms with Crippen LogP contribution in [0.5, 0.6) is 0 Å². The maximum absolute atomic E-state index is 12.6. The van der Waals surface area contributed by atoms with Crippen LogP contribution in [0, 0.1) is 0 Å². The molecule has 1 aliphatic rings. The first-order valence-corrected chi connectivity index (χ1v) is 10.2. The molecule has 1 aromatic carbocycles. The summed E-state index contributed by atoms with van der Waals surface area (Å²) in [4.78, 5) is 22.6. The van der Waals surface area contributed by atoms with Crippen molar-refractivity contribution in [2.45, 2.75) is 18.9 Å². The molecule has 8 nitrogen and oxygen atoms in total. The van der Waals surface area contributed by atoms with Crippen LogP contribution in [0.15, 0.2) is 36.7 Å². The molecule has 1 aromatic heterocycles. The SMILES string of the molecule is CS(=O)(=O)NC1CCN(C(=O)c2ccc(-c3cnc(N)cn3)cc2)CC1. The highest BCUT2D eigenvalue weighted by Crippen LogP contribution is 2.19. The second-order valence-electron chi connectivity index (χ2n) is 6.36. The zero-order valence-electron chi connectivity index (χ0n) is 14.4. The molecule has 1 amide bonds. The van der Waals surface area contributed by atoms with E-state index in [1.54, 1.807) is 23.2 Å². The van der Waals surface area contributed by atoms with Crippen molar-refractivity contribution in [1.82, 2.24) is 19.6 Å². The van der Waals surface area contributed by atoms with E-state index in [1.807, 2.05) is 12.1 Å². The highest BCUT2D eigenvalue weighted by Gasteiger charge is 2.25. The number of piperidine rings is 1. The number of sulfonamides is 1. The number of anilines is 1. The molecule has 0 unspecified atom stereocenters. The molecule has 1 saturated heterocycles. The number of nitrogens with two attached hydrogens (primary N) is 1. The number of aromatic nitrogens is 2. The van der Waals surface area contributed by atoms with Crippen LogP contribution in [0.2, 0.25) is 0 Å². The van der Waals surface area contributed by atoms with Gasteiger partial charge in [0.15, 0.2) is 0 Å². The molecule has 9 heteroatoms. The van der Waals surface area contributed by atoms with E-state index in [2.05, 4.69) is 14.7 Å². The summed E-state index contributed by atoms with van der Waals surface area (Å²) in [5, 5.41) is 0. The molecule has 1 fully saturated rings. The minimum Gasteiger partial charge on any atom is -0.382 e. The van der Waals surface area contributed by atoms with Crippen LogP contribution in [0.4, 0.5) is 5.82 Å². The van der Waals surface area contributed by atoms with Gasteiger partial charge >= 0.3 is 0 Å². The number of nitrogens with one attached hydrogen (secondary N) is 1. The topological polar surface area (TPSA) is 118 Å². The third-order valence-corrected chi connectivity index (χ3v) is 5.02. The van der Waals surface area contributed by atoms with Gasteiger partial charge in [0.05, 0.1) is 24.3 Å². The maximum Gasteiger partial charge on any atom is 0.253 e. The predicted molar refractivity (Wildman–Crippen MR) is 98.8 cm³/mol. The van der Waals surface area contributed by atoms with E-state index in [-0.39, 0.29) is 11.9 Å². The second-order valence-corrected chi connectivity index (χ2v) is 8.14. The van der Waals surface area contributed by atoms with E-state index >= 15 is 0 Å². The highest BCUT2D eigenvalue weighted by molar-refractivity contribution is 7.88. The van der Waals surface area contributed by atoms with Gasteiger partial charge in [0, 0.05) is 30.3 Å². The molecule has 138 valence electrons. The lowest BCUT2D eigenvalue weighted by Crippen LogP contribution is -2.46. The first-order chi connectivity index (χ1) is 12.3. The number of amides is 1. The number of hydrogen-bond acceptors (Lipinski definition) is 6. The van der Waals surface area contributed by atoms with Crippen molar-refractivity contribution < 1.29 is 13.2 Å². The number of likely N-dealkylation sites (tertiary alicyclic amines) is 1. The number of carbonyl (C=O) groups is 1. The van der Waals surface area contributed by atoms with Crippen LogP contribution in [-0.2, 0) is 10.0 Å². The van der Waals surface area contributed by atoms with Crippen LogP contribution in [-0.4, -0.2) is 54.6 Å². The molecule has 1 aliphatic heterocycles. The molecule has 3 N–H and O–H groups in total. The molecule has 2 aromatic rings. The zero-order valence-corrected chi connectivity index (χ0v) is 15.2. The van der Waals surface area contributed by atoms with Gasteiger partial charge in [0.1, 0.15) is 5.82 Å². The lowest BCUT2D eigenvalue weighted by molar-refractivity contribution is 0.0711. The van der Waals surface area contributed by atoms with Crippen molar-refractivity contribution in [3.8, 4) is 11.3 Å². The van der Waals surface area contributed by atoms with Gasteiger partial charge in [-0.2, -0.15) is 0 Å². The van der Waals surface area contributed by atoms with E-state index in [4.69, 9.17) is 5.73 Å². The van der Waals surface area contributed by atoms with E-state index in [0.717, 1.165) is 11.8 Å². The van der Waals surface area contributed by atoms with Crippen LogP contribution >= 0.6 is 0 Å². The summed E-state index contributed by atoms with van der Waals surface area (Å²) < 4.78 is 25.2. The average Bonchev–Trinajstić information content (AvgIpc) is 2.61. The molecule has 26 heavy (non-hydrogen) atoms. The van der Waals surface area contributed by atoms with E-state index in [1.165, 1.54) is 6.20 Å². The van der Waals surface area contributed by atoms with Gasteiger partial charge in [0.2, 0.25) is 10.0 Å². The number of rotatable bonds is 4. The average molecular weight is 375 g/mol. The number of nitrogens with zero attached hydrogens (tertiary/aromatic N) is 3. The standard InChI is InChI=1S/C17H21N5O3S/c1-26(24,25)21-14-6-8-22(9-7-14)17(23)13-4-2-12(3-5-13)15-10-20-16(18)11-19-15/h2-5,10-11,14,21H,6-9H2,1H3,(H2,18,20). The minimum absolute atomic E-state index is 0.0576. The molecule has 0 spiro atoms. The summed E-state index contributed by atoms with van der Waals surface area (Å²) in [6.45, 7) is 1.05. The van der Waals surface area contributed by atoms with Crippen molar-refractivity contribution in [1.29, 1.82) is 0 Å². The Balaban J connectivity index is 1.63. The Kier molecular flexibility index (Phi) is 5.19. The Labute approximate surface area is 152 Å². The number of benzene rings is 1. The molecular formula is C17H21N5O3S. The Morgan fingerprint density at radius 3 is 2.35 bits per heavy atom. The lowest BCUT2D eigenvalue weighted by Gasteiger charge is -2.32. The van der Waals surface area contributed by atoms with Crippen molar-refractivity contribution in [3.05, 3.63) is 42.2 Å². The summed E-state index contributed by atoms with van der Waals surface area (Å²) in [6.07, 6.45) is 5.45. The summed E-state index contributed by atoms with van der Waals surface area (Å²) >= 11 is 0. The van der Waals surface area contributed by atoms with Crippen LogP contribution in [0.25, 0.3) is 11.3 Å². The fourth-order valence-corrected chi connectivity index (χ4v) is 3.80. The number of carbonyl (C=O) groups excluding carboxylic acids is 1. The fraction of sp³-hybridized carbons (Fsp3) is 0.353. The third kappa shape index (κ3) is 4.55. The number of nitrogen functional groups attached to an aromatic ring is 1. The van der Waals surface area contributed by atoms with Crippen molar-refractivity contribution >= 4 is 21.7 Å². The monoisotopic (exact) mass is 375 g/mol. The molecule has 0 bridgehead atoms. The minimum atomic E-state index is -3.22. The van der Waals surface area contributed by atoms with Gasteiger partial charge in [-0.05, 0) is 25.0 Å². The van der Waals surface area contributed by atoms with Crippen molar-refractivity contribution in [2.24, 2.45) is 0 Å². The first kappa shape index (κ1) is 18.3. The Hall–Kier alpha value is -2.52. The highest BCUT2D eigenvalue weighted by atomic mass is 32.2. The first-order valence-electron chi connectivity index (χ1n) is 8.26. The Morgan fingerprint density at radius 1 is 1.15 bits per heavy atom. The largest absolute Gasteiger partial charge is 0.382 e. The van der Waals surface area contributed by atoms with Gasteiger partial charge in [-0.15, -0.1) is 0 Å². The molecule has 2 heterocycles. The molecule has 0 radical (unpaired) electrons. The smallest absolute Gasteiger partial charge is 0.253 e. The van der Waals surface area contributed by atoms with Gasteiger partial charge < -0.3 is 10.6 Å². The second kappa shape index (κ2) is 7.38. The van der Waals surface area contributed by atoms with Crippen molar-refractivity contribution in [3.63, 3.8) is 0 Å². The van der Waals surface area contributed by atoms with E-state index < -0.39 is 10.0 Å². The van der Waals surface area contributed by atoms with Gasteiger partial charge in [-0.3, -0.25) is 9.78 Å². The van der Waals surface area contributed by atoms with Gasteiger partial charge in [0.25, 0.3) is 5.91 Å². The van der Waals surface area contributed by atoms with E-state index in [0.29, 0.717) is 43.0 Å². The summed E-state index contributed by atoms with van der Waals surface area (Å²) in [5.41, 5.74) is 7.66. The Morgan fingerprint density at radius 2 is 1.81 bits per heavy atom. The van der Waals surface area contributed by atoms with Crippen LogP contribution < -0.4 is 10.5 Å². The third-order valence-electron chi connectivity index (χ3n) is 4.26. The van der Waals surface area contributed by atoms with Crippen molar-refractivity contribution in [2.75, 3.05) is 25.1 Å². The summed E-state index contributed by atoms with van der Waals surface area (Å²) in [5.74, 6) is 0.298. The normalized spacial score (nSPS) is 15.8. The van der Waals surface area contributed by atoms with Crippen LogP contribution in [0.3, 0.4) is 0 Å². The molecule has 3 rings (SSSR count). The summed E-state index contributed by atoms with van der Waals surface area (Å²) in [7, 11) is -3.22. The Bertz CT molecular complexity index is 874. The molecule has 0 atom stereocenters. The van der Waals surface area contributed by atoms with E-state index in [9.17, 15) is 13.2 Å². The van der Waals surface area contributed by atoms with Gasteiger partial charge in [-0.1, -0.05) is 12.1 Å². The predicted octanol–water partition coefficient (Wildman–Crippen LogP) is 0.880. The number of hydrogen-bond donors (Lipinski definition) is 2. The van der Waals surface area contributed by atoms with Crippen LogP contribution in [0.1, 0.15) is 23.2 Å².